The molecule has 5 nitrogen and oxygen atoms in total. The second-order valence-corrected chi connectivity index (χ2v) is 6.60. The second-order valence-electron chi connectivity index (χ2n) is 6.16. The van der Waals surface area contributed by atoms with Crippen molar-refractivity contribution in [2.75, 3.05) is 39.3 Å². The standard InChI is InChI=1S/C18H26ClN3O2/c1-2-3-8-20-17(23)14-21-9-11-22(12-10-21)18(24)13-15-4-6-16(19)7-5-15/h4-7H,2-3,8-14H2,1H3,(H,20,23). The molecule has 1 N–H and O–H groups in total. The maximum Gasteiger partial charge on any atom is 0.234 e. The summed E-state index contributed by atoms with van der Waals surface area (Å²) < 4.78 is 0. The Labute approximate surface area is 149 Å². The molecule has 0 saturated carbocycles. The van der Waals surface area contributed by atoms with E-state index < -0.39 is 0 Å². The number of rotatable bonds is 7. The summed E-state index contributed by atoms with van der Waals surface area (Å²) in [6, 6.07) is 7.38. The van der Waals surface area contributed by atoms with Crippen LogP contribution in [0.5, 0.6) is 0 Å². The number of nitrogens with one attached hydrogen (secondary N) is 1. The molecule has 1 aromatic carbocycles. The molecule has 0 radical (unpaired) electrons. The molecule has 132 valence electrons. The van der Waals surface area contributed by atoms with E-state index in [1.165, 1.54) is 0 Å². The largest absolute Gasteiger partial charge is 0.355 e. The van der Waals surface area contributed by atoms with Crippen LogP contribution >= 0.6 is 11.6 Å². The van der Waals surface area contributed by atoms with Crippen molar-refractivity contribution in [2.24, 2.45) is 0 Å². The minimum atomic E-state index is 0.0735. The molecule has 1 aromatic rings. The lowest BCUT2D eigenvalue weighted by molar-refractivity contribution is -0.132. The highest BCUT2D eigenvalue weighted by Crippen LogP contribution is 2.11. The molecule has 6 heteroatoms. The fourth-order valence-electron chi connectivity index (χ4n) is 2.71. The molecule has 1 aliphatic rings. The summed E-state index contributed by atoms with van der Waals surface area (Å²) in [4.78, 5) is 28.2. The van der Waals surface area contributed by atoms with E-state index in [9.17, 15) is 9.59 Å². The summed E-state index contributed by atoms with van der Waals surface area (Å²) in [5, 5.41) is 3.61. The molecule has 0 atom stereocenters. The Bertz CT molecular complexity index is 540. The number of hydrogen-bond acceptors (Lipinski definition) is 3. The van der Waals surface area contributed by atoms with Crippen molar-refractivity contribution in [3.8, 4) is 0 Å². The lowest BCUT2D eigenvalue weighted by Crippen LogP contribution is -2.51. The van der Waals surface area contributed by atoms with E-state index in [-0.39, 0.29) is 11.8 Å². The van der Waals surface area contributed by atoms with Gasteiger partial charge >= 0.3 is 0 Å². The SMILES string of the molecule is CCCCNC(=O)CN1CCN(C(=O)Cc2ccc(Cl)cc2)CC1. The van der Waals surface area contributed by atoms with E-state index in [4.69, 9.17) is 11.6 Å². The van der Waals surface area contributed by atoms with Gasteiger partial charge in [-0.25, -0.2) is 0 Å². The van der Waals surface area contributed by atoms with Crippen molar-refractivity contribution in [2.45, 2.75) is 26.2 Å². The number of carbonyl (C=O) groups excluding carboxylic acids is 2. The molecule has 0 unspecified atom stereocenters. The van der Waals surface area contributed by atoms with Crippen LogP contribution < -0.4 is 5.32 Å². The number of carbonyl (C=O) groups is 2. The number of unbranched alkanes of at least 4 members (excludes halogenated alkanes) is 1. The third kappa shape index (κ3) is 6.13. The fraction of sp³-hybridized carbons (Fsp3) is 0.556. The maximum absolute atomic E-state index is 12.4. The highest BCUT2D eigenvalue weighted by atomic mass is 35.5. The average molecular weight is 352 g/mol. The van der Waals surface area contributed by atoms with Gasteiger partial charge in [-0.3, -0.25) is 14.5 Å². The molecule has 24 heavy (non-hydrogen) atoms. The van der Waals surface area contributed by atoms with Crippen molar-refractivity contribution >= 4 is 23.4 Å². The van der Waals surface area contributed by atoms with Crippen LogP contribution in [0, 0.1) is 0 Å². The van der Waals surface area contributed by atoms with E-state index in [1.54, 1.807) is 12.1 Å². The molecule has 2 amide bonds. The normalized spacial score (nSPS) is 15.3. The van der Waals surface area contributed by atoms with Crippen LogP contribution in [0.2, 0.25) is 5.02 Å². The molecule has 1 saturated heterocycles. The molecule has 1 heterocycles. The van der Waals surface area contributed by atoms with Crippen LogP contribution in [0.4, 0.5) is 0 Å². The number of nitrogens with zero attached hydrogens (tertiary/aromatic N) is 2. The van der Waals surface area contributed by atoms with Gasteiger partial charge in [-0.15, -0.1) is 0 Å². The van der Waals surface area contributed by atoms with Crippen LogP contribution in [0.3, 0.4) is 0 Å². The predicted molar refractivity (Wildman–Crippen MR) is 96.1 cm³/mol. The summed E-state index contributed by atoms with van der Waals surface area (Å²) in [5.41, 5.74) is 0.974. The molecule has 0 aliphatic carbocycles. The Morgan fingerprint density at radius 2 is 1.79 bits per heavy atom. The molecular formula is C18H26ClN3O2. The maximum atomic E-state index is 12.4. The lowest BCUT2D eigenvalue weighted by Gasteiger charge is -2.34. The number of benzene rings is 1. The molecular weight excluding hydrogens is 326 g/mol. The molecule has 0 aromatic heterocycles. The van der Waals surface area contributed by atoms with Gasteiger partial charge in [0, 0.05) is 37.7 Å². The van der Waals surface area contributed by atoms with Crippen LogP contribution in [0.1, 0.15) is 25.3 Å². The predicted octanol–water partition coefficient (Wildman–Crippen LogP) is 1.94. The van der Waals surface area contributed by atoms with Crippen molar-refractivity contribution < 1.29 is 9.59 Å². The highest BCUT2D eigenvalue weighted by Gasteiger charge is 2.22. The second kappa shape index (κ2) is 9.64. The van der Waals surface area contributed by atoms with Crippen LogP contribution in [0.25, 0.3) is 0 Å². The summed E-state index contributed by atoms with van der Waals surface area (Å²) in [6.07, 6.45) is 2.49. The van der Waals surface area contributed by atoms with Crippen molar-refractivity contribution in [3.05, 3.63) is 34.9 Å². The number of halogens is 1. The summed E-state index contributed by atoms with van der Waals surface area (Å²) in [5.74, 6) is 0.203. The van der Waals surface area contributed by atoms with Crippen LogP contribution in [0.15, 0.2) is 24.3 Å². The third-order valence-electron chi connectivity index (χ3n) is 4.21. The van der Waals surface area contributed by atoms with Crippen molar-refractivity contribution in [3.63, 3.8) is 0 Å². The van der Waals surface area contributed by atoms with Gasteiger partial charge in [0.15, 0.2) is 0 Å². The highest BCUT2D eigenvalue weighted by molar-refractivity contribution is 6.30. The van der Waals surface area contributed by atoms with Gasteiger partial charge in [0.05, 0.1) is 13.0 Å². The Morgan fingerprint density at radius 1 is 1.12 bits per heavy atom. The minimum Gasteiger partial charge on any atom is -0.355 e. The fourth-order valence-corrected chi connectivity index (χ4v) is 2.83. The Hall–Kier alpha value is -1.59. The number of hydrogen-bond donors (Lipinski definition) is 1. The number of piperazine rings is 1. The summed E-state index contributed by atoms with van der Waals surface area (Å²) >= 11 is 5.86. The quantitative estimate of drug-likeness (QED) is 0.764. The van der Waals surface area contributed by atoms with Gasteiger partial charge in [-0.05, 0) is 24.1 Å². The smallest absolute Gasteiger partial charge is 0.234 e. The lowest BCUT2D eigenvalue weighted by atomic mass is 10.1. The van der Waals surface area contributed by atoms with Crippen molar-refractivity contribution in [1.82, 2.24) is 15.1 Å². The molecule has 2 rings (SSSR count). The van der Waals surface area contributed by atoms with Crippen LogP contribution in [-0.4, -0.2) is 60.9 Å². The van der Waals surface area contributed by atoms with Gasteiger partial charge in [-0.1, -0.05) is 37.1 Å². The topological polar surface area (TPSA) is 52.7 Å². The number of amides is 2. The first-order chi connectivity index (χ1) is 11.6. The monoisotopic (exact) mass is 351 g/mol. The average Bonchev–Trinajstić information content (AvgIpc) is 2.58. The van der Waals surface area contributed by atoms with Crippen LogP contribution in [-0.2, 0) is 16.0 Å². The Kier molecular flexibility index (Phi) is 7.53. The van der Waals surface area contributed by atoms with Crippen molar-refractivity contribution in [1.29, 1.82) is 0 Å². The first-order valence-corrected chi connectivity index (χ1v) is 8.97. The zero-order valence-electron chi connectivity index (χ0n) is 14.3. The summed E-state index contributed by atoms with van der Waals surface area (Å²) in [6.45, 7) is 6.11. The first-order valence-electron chi connectivity index (χ1n) is 8.59. The van der Waals surface area contributed by atoms with E-state index in [0.717, 1.165) is 38.0 Å². The first kappa shape index (κ1) is 18.7. The van der Waals surface area contributed by atoms with Gasteiger partial charge in [0.1, 0.15) is 0 Å². The van der Waals surface area contributed by atoms with E-state index >= 15 is 0 Å². The molecule has 0 spiro atoms. The van der Waals surface area contributed by atoms with Gasteiger partial charge in [0.25, 0.3) is 0 Å². The molecule has 1 aliphatic heterocycles. The zero-order valence-corrected chi connectivity index (χ0v) is 15.0. The Morgan fingerprint density at radius 3 is 2.42 bits per heavy atom. The van der Waals surface area contributed by atoms with E-state index in [2.05, 4.69) is 17.1 Å². The van der Waals surface area contributed by atoms with Gasteiger partial charge in [0.2, 0.25) is 11.8 Å². The van der Waals surface area contributed by atoms with E-state index in [0.29, 0.717) is 31.1 Å². The Balaban J connectivity index is 1.70. The third-order valence-corrected chi connectivity index (χ3v) is 4.47. The minimum absolute atomic E-state index is 0.0735. The van der Waals surface area contributed by atoms with Gasteiger partial charge < -0.3 is 10.2 Å². The van der Waals surface area contributed by atoms with E-state index in [1.807, 2.05) is 17.0 Å². The van der Waals surface area contributed by atoms with Gasteiger partial charge in [-0.2, -0.15) is 0 Å². The molecule has 0 bridgehead atoms. The zero-order chi connectivity index (χ0) is 17.4. The molecule has 1 fully saturated rings. The summed E-state index contributed by atoms with van der Waals surface area (Å²) in [7, 11) is 0.